The van der Waals surface area contributed by atoms with Crippen molar-refractivity contribution in [1.29, 1.82) is 5.41 Å². The zero-order valence-corrected chi connectivity index (χ0v) is 14.2. The van der Waals surface area contributed by atoms with E-state index in [0.717, 1.165) is 29.4 Å². The number of hydrogen-bond acceptors (Lipinski definition) is 4. The Morgan fingerprint density at radius 3 is 2.75 bits per heavy atom. The number of nitrogens with two attached hydrogens (primary N) is 2. The first-order valence-corrected chi connectivity index (χ1v) is 8.01. The van der Waals surface area contributed by atoms with E-state index in [1.54, 1.807) is 4.57 Å². The summed E-state index contributed by atoms with van der Waals surface area (Å²) in [6.07, 6.45) is 3.18. The molecule has 0 aliphatic heterocycles. The number of benzene rings is 1. The number of rotatable bonds is 7. The number of carbonyl (C=O) groups is 1. The first-order valence-electron chi connectivity index (χ1n) is 8.01. The smallest absolute Gasteiger partial charge is 0.248 e. The molecule has 2 rings (SSSR count). The highest BCUT2D eigenvalue weighted by molar-refractivity contribution is 5.96. The molecule has 1 aromatic carbocycles. The summed E-state index contributed by atoms with van der Waals surface area (Å²) in [5.41, 5.74) is 13.3. The van der Waals surface area contributed by atoms with Crippen LogP contribution in [0.25, 0.3) is 10.9 Å². The summed E-state index contributed by atoms with van der Waals surface area (Å²) in [5, 5.41) is 10.9. The molecule has 0 amide bonds. The summed E-state index contributed by atoms with van der Waals surface area (Å²) >= 11 is 0. The molecule has 0 bridgehead atoms. The molecule has 0 spiro atoms. The molecule has 130 valence electrons. The number of fused-ring (bicyclic) bond motifs is 1. The summed E-state index contributed by atoms with van der Waals surface area (Å²) < 4.78 is 1.65. The van der Waals surface area contributed by atoms with Crippen molar-refractivity contribution in [3.8, 4) is 0 Å². The summed E-state index contributed by atoms with van der Waals surface area (Å²) in [6.45, 7) is 1.31. The predicted octanol–water partition coefficient (Wildman–Crippen LogP) is 0.586. The van der Waals surface area contributed by atoms with Crippen molar-refractivity contribution in [2.75, 3.05) is 27.2 Å². The average Bonchev–Trinajstić information content (AvgIpc) is 2.90. The maximum Gasteiger partial charge on any atom is 0.248 e. The lowest BCUT2D eigenvalue weighted by Crippen LogP contribution is -2.39. The van der Waals surface area contributed by atoms with E-state index in [9.17, 15) is 4.79 Å². The molecule has 1 aromatic heterocycles. The molecule has 6 N–H and O–H groups in total. The van der Waals surface area contributed by atoms with E-state index in [0.29, 0.717) is 13.0 Å². The van der Waals surface area contributed by atoms with Crippen LogP contribution in [0.4, 0.5) is 0 Å². The third-order valence-electron chi connectivity index (χ3n) is 3.95. The Hall–Kier alpha value is -2.38. The van der Waals surface area contributed by atoms with Crippen molar-refractivity contribution in [2.45, 2.75) is 18.9 Å². The molecule has 0 fully saturated rings. The molecule has 0 aliphatic rings. The van der Waals surface area contributed by atoms with Gasteiger partial charge in [0, 0.05) is 24.7 Å². The molecule has 7 nitrogen and oxygen atoms in total. The first kappa shape index (κ1) is 18.0. The summed E-state index contributed by atoms with van der Waals surface area (Å²) in [6, 6.07) is 7.23. The molecule has 0 radical (unpaired) electrons. The molecule has 1 unspecified atom stereocenters. The average molecular weight is 330 g/mol. The molecule has 1 heterocycles. The van der Waals surface area contributed by atoms with Crippen LogP contribution >= 0.6 is 0 Å². The second kappa shape index (κ2) is 7.94. The highest BCUT2D eigenvalue weighted by Gasteiger charge is 2.19. The Kier molecular flexibility index (Phi) is 5.94. The lowest BCUT2D eigenvalue weighted by atomic mass is 10.1. The van der Waals surface area contributed by atoms with Gasteiger partial charge in [0.25, 0.3) is 0 Å². The fraction of sp³-hybridized carbons (Fsp3) is 0.412. The zero-order valence-electron chi connectivity index (χ0n) is 14.2. The maximum atomic E-state index is 12.7. The Balaban J connectivity index is 2.21. The number of para-hydroxylation sites is 1. The van der Waals surface area contributed by atoms with Crippen molar-refractivity contribution in [3.05, 3.63) is 36.0 Å². The first-order chi connectivity index (χ1) is 11.4. The fourth-order valence-electron chi connectivity index (χ4n) is 2.64. The Morgan fingerprint density at radius 2 is 2.08 bits per heavy atom. The fourth-order valence-corrected chi connectivity index (χ4v) is 2.64. The van der Waals surface area contributed by atoms with Gasteiger partial charge in [0.05, 0.1) is 11.6 Å². The standard InChI is InChI=1S/C17H26N6O/c1-22(2)10-8-12-11-23(15-6-4-3-5-13(12)15)16(24)14(18)7-9-21-17(19)20/h3-6,11,14H,7-10,18H2,1-2H3,(H4,19,20,21). The number of nitrogens with zero attached hydrogens (tertiary/aromatic N) is 2. The van der Waals surface area contributed by atoms with Crippen LogP contribution in [0.2, 0.25) is 0 Å². The quantitative estimate of drug-likeness (QED) is 0.438. The Bertz CT molecular complexity index is 721. The van der Waals surface area contributed by atoms with Gasteiger partial charge in [0.1, 0.15) is 0 Å². The second-order valence-electron chi connectivity index (χ2n) is 6.17. The van der Waals surface area contributed by atoms with Gasteiger partial charge >= 0.3 is 0 Å². The maximum absolute atomic E-state index is 12.7. The van der Waals surface area contributed by atoms with Crippen LogP contribution in [0.3, 0.4) is 0 Å². The number of guanidine groups is 1. The number of hydrogen-bond donors (Lipinski definition) is 4. The Morgan fingerprint density at radius 1 is 1.38 bits per heavy atom. The van der Waals surface area contributed by atoms with E-state index in [1.807, 2.05) is 44.6 Å². The van der Waals surface area contributed by atoms with E-state index in [2.05, 4.69) is 10.2 Å². The van der Waals surface area contributed by atoms with Gasteiger partial charge in [-0.2, -0.15) is 0 Å². The van der Waals surface area contributed by atoms with Gasteiger partial charge in [0.2, 0.25) is 5.91 Å². The SMILES string of the molecule is CN(C)CCc1cn(C(=O)C(N)CCNC(=N)N)c2ccccc12. The largest absolute Gasteiger partial charge is 0.370 e. The van der Waals surface area contributed by atoms with Crippen molar-refractivity contribution in [2.24, 2.45) is 11.5 Å². The predicted molar refractivity (Wildman–Crippen MR) is 97.3 cm³/mol. The van der Waals surface area contributed by atoms with Gasteiger partial charge in [-0.05, 0) is 38.6 Å². The van der Waals surface area contributed by atoms with E-state index in [4.69, 9.17) is 16.9 Å². The van der Waals surface area contributed by atoms with Gasteiger partial charge in [-0.3, -0.25) is 14.8 Å². The third kappa shape index (κ3) is 4.33. The molecule has 0 aliphatic carbocycles. The van der Waals surface area contributed by atoms with E-state index in [-0.39, 0.29) is 11.9 Å². The van der Waals surface area contributed by atoms with E-state index < -0.39 is 6.04 Å². The highest BCUT2D eigenvalue weighted by atomic mass is 16.2. The Labute approximate surface area is 142 Å². The molecule has 0 saturated heterocycles. The number of aromatic nitrogens is 1. The molecular weight excluding hydrogens is 304 g/mol. The van der Waals surface area contributed by atoms with Crippen molar-refractivity contribution in [1.82, 2.24) is 14.8 Å². The van der Waals surface area contributed by atoms with Gasteiger partial charge in [-0.25, -0.2) is 0 Å². The van der Waals surface area contributed by atoms with Crippen LogP contribution in [0, 0.1) is 5.41 Å². The van der Waals surface area contributed by atoms with E-state index in [1.165, 1.54) is 0 Å². The van der Waals surface area contributed by atoms with Gasteiger partial charge < -0.3 is 21.7 Å². The van der Waals surface area contributed by atoms with Crippen LogP contribution in [-0.4, -0.2) is 54.6 Å². The zero-order chi connectivity index (χ0) is 17.7. The minimum Gasteiger partial charge on any atom is -0.370 e. The summed E-state index contributed by atoms with van der Waals surface area (Å²) in [4.78, 5) is 14.8. The lowest BCUT2D eigenvalue weighted by molar-refractivity contribution is 0.0881. The van der Waals surface area contributed by atoms with Crippen LogP contribution in [-0.2, 0) is 6.42 Å². The highest BCUT2D eigenvalue weighted by Crippen LogP contribution is 2.22. The molecular formula is C17H26N6O. The molecule has 0 saturated carbocycles. The van der Waals surface area contributed by atoms with Crippen molar-refractivity contribution < 1.29 is 4.79 Å². The molecule has 2 aromatic rings. The number of likely N-dealkylation sites (N-methyl/N-ethyl adjacent to an activating group) is 1. The van der Waals surface area contributed by atoms with E-state index >= 15 is 0 Å². The van der Waals surface area contributed by atoms with Crippen LogP contribution < -0.4 is 16.8 Å². The molecule has 24 heavy (non-hydrogen) atoms. The summed E-state index contributed by atoms with van der Waals surface area (Å²) in [5.74, 6) is -0.264. The molecule has 7 heteroatoms. The van der Waals surface area contributed by atoms with Gasteiger partial charge in [-0.1, -0.05) is 18.2 Å². The lowest BCUT2D eigenvalue weighted by Gasteiger charge is -2.12. The van der Waals surface area contributed by atoms with Crippen LogP contribution in [0.5, 0.6) is 0 Å². The molecule has 1 atom stereocenters. The monoisotopic (exact) mass is 330 g/mol. The topological polar surface area (TPSA) is 113 Å². The van der Waals surface area contributed by atoms with Gasteiger partial charge in [0.15, 0.2) is 5.96 Å². The minimum absolute atomic E-state index is 0.118. The number of carbonyl (C=O) groups excluding carboxylic acids is 1. The summed E-state index contributed by atoms with van der Waals surface area (Å²) in [7, 11) is 4.06. The van der Waals surface area contributed by atoms with Crippen molar-refractivity contribution in [3.63, 3.8) is 0 Å². The normalized spacial score (nSPS) is 12.5. The van der Waals surface area contributed by atoms with Gasteiger partial charge in [-0.15, -0.1) is 0 Å². The van der Waals surface area contributed by atoms with Crippen LogP contribution in [0.15, 0.2) is 30.5 Å². The van der Waals surface area contributed by atoms with Crippen molar-refractivity contribution >= 4 is 22.8 Å². The minimum atomic E-state index is -0.644. The number of nitrogens with one attached hydrogen (secondary N) is 2. The van der Waals surface area contributed by atoms with Crippen LogP contribution in [0.1, 0.15) is 16.8 Å². The second-order valence-corrected chi connectivity index (χ2v) is 6.17. The third-order valence-corrected chi connectivity index (χ3v) is 3.95.